The molecule has 8 heteroatoms. The molecular formula is C15H24ClN3O3S. The Kier molecular flexibility index (Phi) is 7.81. The van der Waals surface area contributed by atoms with Gasteiger partial charge in [-0.15, -0.1) is 12.4 Å². The van der Waals surface area contributed by atoms with Gasteiger partial charge in [-0.1, -0.05) is 6.92 Å². The van der Waals surface area contributed by atoms with Gasteiger partial charge >= 0.3 is 0 Å². The smallest absolute Gasteiger partial charge is 0.251 e. The third-order valence-corrected chi connectivity index (χ3v) is 5.06. The lowest BCUT2D eigenvalue weighted by molar-refractivity contribution is 0.0950. The highest BCUT2D eigenvalue weighted by Gasteiger charge is 2.15. The van der Waals surface area contributed by atoms with Gasteiger partial charge in [-0.3, -0.25) is 9.52 Å². The van der Waals surface area contributed by atoms with Crippen LogP contribution in [0.1, 0.15) is 36.5 Å². The summed E-state index contributed by atoms with van der Waals surface area (Å²) in [4.78, 5) is 12.0. The maximum Gasteiger partial charge on any atom is 0.251 e. The molecule has 1 amide bonds. The summed E-state index contributed by atoms with van der Waals surface area (Å²) >= 11 is 0. The van der Waals surface area contributed by atoms with E-state index in [1.165, 1.54) is 0 Å². The largest absolute Gasteiger partial charge is 0.350 e. The Labute approximate surface area is 143 Å². The molecule has 1 saturated heterocycles. The monoisotopic (exact) mass is 361 g/mol. The number of hydrogen-bond donors (Lipinski definition) is 3. The van der Waals surface area contributed by atoms with Gasteiger partial charge in [0.25, 0.3) is 5.91 Å². The summed E-state index contributed by atoms with van der Waals surface area (Å²) in [5.41, 5.74) is 0.999. The van der Waals surface area contributed by atoms with Gasteiger partial charge in [0, 0.05) is 23.8 Å². The number of amides is 1. The number of halogens is 1. The number of sulfonamides is 1. The molecule has 3 N–H and O–H groups in total. The van der Waals surface area contributed by atoms with Crippen LogP contribution in [0.25, 0.3) is 0 Å². The fraction of sp³-hybridized carbons (Fsp3) is 0.533. The third kappa shape index (κ3) is 6.37. The maximum absolute atomic E-state index is 12.0. The number of rotatable bonds is 7. The van der Waals surface area contributed by atoms with Crippen LogP contribution in [-0.2, 0) is 10.0 Å². The van der Waals surface area contributed by atoms with Crippen molar-refractivity contribution in [1.82, 2.24) is 10.6 Å². The molecule has 23 heavy (non-hydrogen) atoms. The fourth-order valence-electron chi connectivity index (χ4n) is 2.44. The average Bonchev–Trinajstić information content (AvgIpc) is 2.98. The topological polar surface area (TPSA) is 87.3 Å². The Bertz CT molecular complexity index is 599. The molecule has 1 aromatic carbocycles. The van der Waals surface area contributed by atoms with Crippen LogP contribution < -0.4 is 15.4 Å². The molecule has 2 rings (SSSR count). The molecule has 6 nitrogen and oxygen atoms in total. The standard InChI is InChI=1S/C15H23N3O3S.ClH/c1-2-10-22(20,21)18-13-7-5-12(6-8-13)15(19)17-11-14-4-3-9-16-14;/h5-8,14,16,18H,2-4,9-11H2,1H3,(H,17,19);1H. The van der Waals surface area contributed by atoms with E-state index in [9.17, 15) is 13.2 Å². The van der Waals surface area contributed by atoms with Gasteiger partial charge in [0.05, 0.1) is 5.75 Å². The van der Waals surface area contributed by atoms with Crippen molar-refractivity contribution < 1.29 is 13.2 Å². The number of nitrogens with one attached hydrogen (secondary N) is 3. The summed E-state index contributed by atoms with van der Waals surface area (Å²) in [6.07, 6.45) is 2.79. The number of carbonyl (C=O) groups is 1. The molecule has 0 bridgehead atoms. The van der Waals surface area contributed by atoms with Crippen LogP contribution >= 0.6 is 12.4 Å². The van der Waals surface area contributed by atoms with E-state index in [0.29, 0.717) is 30.3 Å². The Morgan fingerprint density at radius 3 is 2.57 bits per heavy atom. The summed E-state index contributed by atoms with van der Waals surface area (Å²) in [5.74, 6) is -0.0550. The number of anilines is 1. The molecule has 1 atom stereocenters. The predicted octanol–water partition coefficient (Wildman–Crippen LogP) is 1.74. The minimum Gasteiger partial charge on any atom is -0.350 e. The molecule has 130 valence electrons. The molecule has 0 saturated carbocycles. The van der Waals surface area contributed by atoms with Gasteiger partial charge in [-0.05, 0) is 50.1 Å². The molecule has 1 unspecified atom stereocenters. The van der Waals surface area contributed by atoms with Crippen molar-refractivity contribution in [3.05, 3.63) is 29.8 Å². The van der Waals surface area contributed by atoms with Crippen molar-refractivity contribution in [3.8, 4) is 0 Å². The fourth-order valence-corrected chi connectivity index (χ4v) is 3.57. The van der Waals surface area contributed by atoms with E-state index in [0.717, 1.165) is 19.4 Å². The third-order valence-electron chi connectivity index (χ3n) is 3.56. The first-order chi connectivity index (χ1) is 10.5. The molecule has 1 aliphatic rings. The molecule has 0 aromatic heterocycles. The second-order valence-corrected chi connectivity index (χ2v) is 7.34. The van der Waals surface area contributed by atoms with Gasteiger partial charge in [-0.2, -0.15) is 0 Å². The highest BCUT2D eigenvalue weighted by atomic mass is 35.5. The van der Waals surface area contributed by atoms with Crippen molar-refractivity contribution in [1.29, 1.82) is 0 Å². The minimum atomic E-state index is -3.30. The van der Waals surface area contributed by atoms with E-state index in [2.05, 4.69) is 15.4 Å². The minimum absolute atomic E-state index is 0. The van der Waals surface area contributed by atoms with E-state index < -0.39 is 10.0 Å². The maximum atomic E-state index is 12.0. The van der Waals surface area contributed by atoms with Crippen LogP contribution in [-0.4, -0.2) is 39.2 Å². The zero-order chi connectivity index (χ0) is 16.0. The van der Waals surface area contributed by atoms with Crippen LogP contribution in [0.5, 0.6) is 0 Å². The number of benzene rings is 1. The van der Waals surface area contributed by atoms with Crippen LogP contribution in [0.4, 0.5) is 5.69 Å². The Morgan fingerprint density at radius 1 is 1.30 bits per heavy atom. The van der Waals surface area contributed by atoms with Crippen molar-refractivity contribution in [2.24, 2.45) is 0 Å². The van der Waals surface area contributed by atoms with Crippen molar-refractivity contribution in [2.75, 3.05) is 23.6 Å². The zero-order valence-corrected chi connectivity index (χ0v) is 14.8. The van der Waals surface area contributed by atoms with Crippen LogP contribution in [0, 0.1) is 0 Å². The van der Waals surface area contributed by atoms with Gasteiger partial charge in [0.15, 0.2) is 0 Å². The normalized spacial score (nSPS) is 17.3. The van der Waals surface area contributed by atoms with E-state index >= 15 is 0 Å². The molecule has 1 aromatic rings. The summed E-state index contributed by atoms with van der Waals surface area (Å²) in [6, 6.07) is 6.82. The lowest BCUT2D eigenvalue weighted by Crippen LogP contribution is -2.37. The zero-order valence-electron chi connectivity index (χ0n) is 13.2. The van der Waals surface area contributed by atoms with Crippen LogP contribution in [0.2, 0.25) is 0 Å². The Balaban J connectivity index is 0.00000264. The summed E-state index contributed by atoms with van der Waals surface area (Å²) in [7, 11) is -3.30. The van der Waals surface area contributed by atoms with E-state index in [-0.39, 0.29) is 24.1 Å². The quantitative estimate of drug-likeness (QED) is 0.690. The first kappa shape index (κ1) is 19.7. The van der Waals surface area contributed by atoms with Gasteiger partial charge < -0.3 is 10.6 Å². The van der Waals surface area contributed by atoms with Crippen molar-refractivity contribution >= 4 is 34.0 Å². The molecule has 0 aliphatic carbocycles. The molecule has 1 fully saturated rings. The predicted molar refractivity (Wildman–Crippen MR) is 94.7 cm³/mol. The number of carbonyl (C=O) groups excluding carboxylic acids is 1. The second-order valence-electron chi connectivity index (χ2n) is 5.50. The second kappa shape index (κ2) is 9.10. The number of hydrogen-bond acceptors (Lipinski definition) is 4. The van der Waals surface area contributed by atoms with Gasteiger partial charge in [-0.25, -0.2) is 8.42 Å². The van der Waals surface area contributed by atoms with E-state index in [1.54, 1.807) is 24.3 Å². The highest BCUT2D eigenvalue weighted by Crippen LogP contribution is 2.12. The van der Waals surface area contributed by atoms with Crippen molar-refractivity contribution in [2.45, 2.75) is 32.2 Å². The Morgan fingerprint density at radius 2 is 2.00 bits per heavy atom. The first-order valence-electron chi connectivity index (χ1n) is 7.62. The van der Waals surface area contributed by atoms with E-state index in [1.807, 2.05) is 6.92 Å². The van der Waals surface area contributed by atoms with Crippen LogP contribution in [0.3, 0.4) is 0 Å². The summed E-state index contributed by atoms with van der Waals surface area (Å²) in [6.45, 7) is 3.43. The molecule has 1 heterocycles. The molecule has 0 radical (unpaired) electrons. The lowest BCUT2D eigenvalue weighted by atomic mass is 10.2. The molecule has 0 spiro atoms. The highest BCUT2D eigenvalue weighted by molar-refractivity contribution is 7.92. The van der Waals surface area contributed by atoms with Gasteiger partial charge in [0.2, 0.25) is 10.0 Å². The molecule has 1 aliphatic heterocycles. The molecular weight excluding hydrogens is 338 g/mol. The lowest BCUT2D eigenvalue weighted by Gasteiger charge is -2.12. The average molecular weight is 362 g/mol. The van der Waals surface area contributed by atoms with Gasteiger partial charge in [0.1, 0.15) is 0 Å². The van der Waals surface area contributed by atoms with E-state index in [4.69, 9.17) is 0 Å². The van der Waals surface area contributed by atoms with Crippen molar-refractivity contribution in [3.63, 3.8) is 0 Å². The first-order valence-corrected chi connectivity index (χ1v) is 9.27. The SMILES string of the molecule is CCCS(=O)(=O)Nc1ccc(C(=O)NCC2CCCN2)cc1.Cl. The summed E-state index contributed by atoms with van der Waals surface area (Å²) < 4.78 is 25.8. The Hall–Kier alpha value is -1.31. The van der Waals surface area contributed by atoms with Crippen LogP contribution in [0.15, 0.2) is 24.3 Å². The summed E-state index contributed by atoms with van der Waals surface area (Å²) in [5, 5.41) is 6.21.